The van der Waals surface area contributed by atoms with Crippen molar-refractivity contribution in [1.29, 1.82) is 0 Å². The summed E-state index contributed by atoms with van der Waals surface area (Å²) in [5.74, 6) is 0.473. The van der Waals surface area contributed by atoms with Crippen molar-refractivity contribution in [2.45, 2.75) is 19.3 Å². The van der Waals surface area contributed by atoms with E-state index in [0.717, 1.165) is 26.1 Å². The van der Waals surface area contributed by atoms with Gasteiger partial charge in [0.25, 0.3) is 10.2 Å². The van der Waals surface area contributed by atoms with Gasteiger partial charge in [0, 0.05) is 40.0 Å². The number of rotatable bonds is 8. The van der Waals surface area contributed by atoms with Crippen LogP contribution >= 0.6 is 0 Å². The van der Waals surface area contributed by atoms with E-state index in [1.165, 1.54) is 11.4 Å². The SMILES string of the molecule is CN(CCCO)S(=O)(=O)NCCC1CCOC1. The van der Waals surface area contributed by atoms with E-state index in [-0.39, 0.29) is 6.61 Å². The van der Waals surface area contributed by atoms with Gasteiger partial charge >= 0.3 is 0 Å². The van der Waals surface area contributed by atoms with Gasteiger partial charge in [-0.1, -0.05) is 0 Å². The molecule has 0 aliphatic carbocycles. The molecular weight excluding hydrogens is 244 g/mol. The average Bonchev–Trinajstić information content (AvgIpc) is 2.78. The lowest BCUT2D eigenvalue weighted by atomic mass is 10.1. The third kappa shape index (κ3) is 5.31. The summed E-state index contributed by atoms with van der Waals surface area (Å²) in [6, 6.07) is 0. The zero-order chi connectivity index (χ0) is 12.7. The van der Waals surface area contributed by atoms with Crippen molar-refractivity contribution in [1.82, 2.24) is 9.03 Å². The second-order valence-electron chi connectivity index (χ2n) is 4.32. The van der Waals surface area contributed by atoms with Crippen LogP contribution in [0.15, 0.2) is 0 Å². The van der Waals surface area contributed by atoms with Gasteiger partial charge in [-0.3, -0.25) is 0 Å². The summed E-state index contributed by atoms with van der Waals surface area (Å²) < 4.78 is 32.4. The number of nitrogens with one attached hydrogen (secondary N) is 1. The van der Waals surface area contributed by atoms with E-state index < -0.39 is 10.2 Å². The maximum absolute atomic E-state index is 11.7. The lowest BCUT2D eigenvalue weighted by molar-refractivity contribution is 0.184. The fraction of sp³-hybridized carbons (Fsp3) is 1.00. The minimum Gasteiger partial charge on any atom is -0.396 e. The number of hydrogen-bond acceptors (Lipinski definition) is 4. The van der Waals surface area contributed by atoms with Crippen molar-refractivity contribution in [2.75, 3.05) is 40.0 Å². The van der Waals surface area contributed by atoms with Crippen molar-refractivity contribution in [3.8, 4) is 0 Å². The van der Waals surface area contributed by atoms with Crippen LogP contribution in [0.25, 0.3) is 0 Å². The van der Waals surface area contributed by atoms with Crippen LogP contribution in [0, 0.1) is 5.92 Å². The van der Waals surface area contributed by atoms with E-state index in [0.29, 0.717) is 25.4 Å². The topological polar surface area (TPSA) is 78.9 Å². The molecule has 1 atom stereocenters. The Morgan fingerprint density at radius 1 is 1.53 bits per heavy atom. The van der Waals surface area contributed by atoms with Gasteiger partial charge in [-0.2, -0.15) is 12.7 Å². The number of ether oxygens (including phenoxy) is 1. The van der Waals surface area contributed by atoms with Crippen LogP contribution in [0.2, 0.25) is 0 Å². The lowest BCUT2D eigenvalue weighted by Crippen LogP contribution is -2.39. The molecule has 1 aliphatic heterocycles. The molecular formula is C10H22N2O4S. The predicted molar refractivity (Wildman–Crippen MR) is 64.8 cm³/mol. The summed E-state index contributed by atoms with van der Waals surface area (Å²) in [7, 11) is -1.88. The molecule has 0 amide bonds. The minimum atomic E-state index is -3.39. The normalized spacial score (nSPS) is 21.2. The van der Waals surface area contributed by atoms with E-state index in [2.05, 4.69) is 4.72 Å². The zero-order valence-electron chi connectivity index (χ0n) is 10.3. The molecule has 0 radical (unpaired) electrons. The molecule has 0 aromatic rings. The zero-order valence-corrected chi connectivity index (χ0v) is 11.1. The Kier molecular flexibility index (Phi) is 6.35. The monoisotopic (exact) mass is 266 g/mol. The van der Waals surface area contributed by atoms with Crippen LogP contribution in [0.5, 0.6) is 0 Å². The van der Waals surface area contributed by atoms with E-state index in [4.69, 9.17) is 9.84 Å². The van der Waals surface area contributed by atoms with Crippen LogP contribution in [-0.2, 0) is 14.9 Å². The van der Waals surface area contributed by atoms with Crippen LogP contribution < -0.4 is 4.72 Å². The molecule has 1 aliphatic rings. The molecule has 2 N–H and O–H groups in total. The molecule has 0 aromatic carbocycles. The first-order chi connectivity index (χ1) is 8.06. The highest BCUT2D eigenvalue weighted by Gasteiger charge is 2.19. The van der Waals surface area contributed by atoms with Crippen molar-refractivity contribution in [3.63, 3.8) is 0 Å². The van der Waals surface area contributed by atoms with Crippen LogP contribution in [0.3, 0.4) is 0 Å². The van der Waals surface area contributed by atoms with Crippen molar-refractivity contribution < 1.29 is 18.3 Å². The highest BCUT2D eigenvalue weighted by molar-refractivity contribution is 7.87. The Morgan fingerprint density at radius 3 is 2.88 bits per heavy atom. The molecule has 1 rings (SSSR count). The average molecular weight is 266 g/mol. The number of aliphatic hydroxyl groups is 1. The van der Waals surface area contributed by atoms with Gasteiger partial charge in [-0.25, -0.2) is 4.72 Å². The van der Waals surface area contributed by atoms with Gasteiger partial charge in [0.1, 0.15) is 0 Å². The maximum Gasteiger partial charge on any atom is 0.279 e. The van der Waals surface area contributed by atoms with Crippen molar-refractivity contribution in [3.05, 3.63) is 0 Å². The summed E-state index contributed by atoms with van der Waals surface area (Å²) >= 11 is 0. The molecule has 17 heavy (non-hydrogen) atoms. The highest BCUT2D eigenvalue weighted by Crippen LogP contribution is 2.15. The lowest BCUT2D eigenvalue weighted by Gasteiger charge is -2.17. The second kappa shape index (κ2) is 7.27. The molecule has 1 saturated heterocycles. The molecule has 1 unspecified atom stereocenters. The fourth-order valence-corrected chi connectivity index (χ4v) is 2.69. The summed E-state index contributed by atoms with van der Waals surface area (Å²) in [4.78, 5) is 0. The van der Waals surface area contributed by atoms with E-state index in [9.17, 15) is 8.42 Å². The van der Waals surface area contributed by atoms with E-state index >= 15 is 0 Å². The van der Waals surface area contributed by atoms with E-state index in [1.54, 1.807) is 0 Å². The largest absolute Gasteiger partial charge is 0.396 e. The Hall–Kier alpha value is -0.210. The Labute approximate surface area is 103 Å². The van der Waals surface area contributed by atoms with Crippen molar-refractivity contribution >= 4 is 10.2 Å². The molecule has 1 heterocycles. The summed E-state index contributed by atoms with van der Waals surface area (Å²) in [5.41, 5.74) is 0. The predicted octanol–water partition coefficient (Wildman–Crippen LogP) is -0.438. The first-order valence-electron chi connectivity index (χ1n) is 5.96. The van der Waals surface area contributed by atoms with Gasteiger partial charge < -0.3 is 9.84 Å². The quantitative estimate of drug-likeness (QED) is 0.624. The molecule has 6 nitrogen and oxygen atoms in total. The van der Waals surface area contributed by atoms with Crippen LogP contribution in [0.1, 0.15) is 19.3 Å². The molecule has 7 heteroatoms. The van der Waals surface area contributed by atoms with Gasteiger partial charge in [0.2, 0.25) is 0 Å². The van der Waals surface area contributed by atoms with Gasteiger partial charge in [-0.05, 0) is 25.2 Å². The summed E-state index contributed by atoms with van der Waals surface area (Å²) in [6.45, 7) is 2.30. The van der Waals surface area contributed by atoms with Crippen LogP contribution in [-0.4, -0.2) is 57.8 Å². The van der Waals surface area contributed by atoms with E-state index in [1.807, 2.05) is 0 Å². The molecule has 0 bridgehead atoms. The standard InChI is InChI=1S/C10H22N2O4S/c1-12(6-2-7-13)17(14,15)11-5-3-10-4-8-16-9-10/h10-11,13H,2-9H2,1H3. The minimum absolute atomic E-state index is 0.000721. The number of nitrogens with zero attached hydrogens (tertiary/aromatic N) is 1. The van der Waals surface area contributed by atoms with Crippen molar-refractivity contribution in [2.24, 2.45) is 5.92 Å². The van der Waals surface area contributed by atoms with Gasteiger partial charge in [0.05, 0.1) is 0 Å². The first-order valence-corrected chi connectivity index (χ1v) is 7.40. The molecule has 0 spiro atoms. The molecule has 0 saturated carbocycles. The van der Waals surface area contributed by atoms with Gasteiger partial charge in [-0.15, -0.1) is 0 Å². The third-order valence-electron chi connectivity index (χ3n) is 2.90. The highest BCUT2D eigenvalue weighted by atomic mass is 32.2. The van der Waals surface area contributed by atoms with Crippen LogP contribution in [0.4, 0.5) is 0 Å². The third-order valence-corrected chi connectivity index (χ3v) is 4.47. The smallest absolute Gasteiger partial charge is 0.279 e. The second-order valence-corrected chi connectivity index (χ2v) is 6.18. The fourth-order valence-electron chi connectivity index (χ4n) is 1.73. The van der Waals surface area contributed by atoms with Gasteiger partial charge in [0.15, 0.2) is 0 Å². The first kappa shape index (κ1) is 14.8. The Bertz CT molecular complexity index is 301. The maximum atomic E-state index is 11.7. The molecule has 102 valence electrons. The molecule has 0 aromatic heterocycles. The summed E-state index contributed by atoms with van der Waals surface area (Å²) in [5, 5.41) is 8.64. The Balaban J connectivity index is 2.23. The summed E-state index contributed by atoms with van der Waals surface area (Å²) in [6.07, 6.45) is 2.28. The molecule has 1 fully saturated rings. The number of aliphatic hydroxyl groups excluding tert-OH is 1. The number of hydrogen-bond donors (Lipinski definition) is 2. The Morgan fingerprint density at radius 2 is 2.29 bits per heavy atom.